The highest BCUT2D eigenvalue weighted by atomic mass is 35.5. The Bertz CT molecular complexity index is 698. The Morgan fingerprint density at radius 3 is 2.28 bits per heavy atom. The molecule has 94 valence electrons. The summed E-state index contributed by atoms with van der Waals surface area (Å²) in [6.45, 7) is 0. The minimum Gasteiger partial charge on any atom is -0.507 e. The molecule has 0 saturated carbocycles. The lowest BCUT2D eigenvalue weighted by atomic mass is 10.1. The quantitative estimate of drug-likeness (QED) is 0.888. The van der Waals surface area contributed by atoms with E-state index in [9.17, 15) is 13.5 Å². The Morgan fingerprint density at radius 2 is 1.72 bits per heavy atom. The highest BCUT2D eigenvalue weighted by Crippen LogP contribution is 2.29. The molecule has 3 N–H and O–H groups in total. The molecule has 2 rings (SSSR count). The van der Waals surface area contributed by atoms with E-state index < -0.39 is 10.0 Å². The maximum Gasteiger partial charge on any atom is 0.241 e. The van der Waals surface area contributed by atoms with E-state index in [0.29, 0.717) is 10.6 Å². The Labute approximate surface area is 110 Å². The van der Waals surface area contributed by atoms with Crippen molar-refractivity contribution in [3.63, 3.8) is 0 Å². The number of hydrogen-bond donors (Lipinski definition) is 2. The van der Waals surface area contributed by atoms with Gasteiger partial charge in [-0.05, 0) is 35.4 Å². The SMILES string of the molecule is NS(=O)(=O)c1ccc(-c2cccc(Cl)c2)cc1O. The normalized spacial score (nSPS) is 11.4. The molecular formula is C12H10ClNO3S. The summed E-state index contributed by atoms with van der Waals surface area (Å²) in [7, 11) is -3.92. The van der Waals surface area contributed by atoms with Gasteiger partial charge in [0.25, 0.3) is 0 Å². The molecule has 2 aromatic rings. The van der Waals surface area contributed by atoms with Gasteiger partial charge in [0, 0.05) is 5.02 Å². The first-order chi connectivity index (χ1) is 8.38. The summed E-state index contributed by atoms with van der Waals surface area (Å²) < 4.78 is 22.3. The van der Waals surface area contributed by atoms with Crippen LogP contribution in [0.15, 0.2) is 47.4 Å². The van der Waals surface area contributed by atoms with E-state index in [4.69, 9.17) is 16.7 Å². The maximum atomic E-state index is 11.2. The summed E-state index contributed by atoms with van der Waals surface area (Å²) in [4.78, 5) is -0.298. The third-order valence-electron chi connectivity index (χ3n) is 2.42. The molecule has 0 heterocycles. The third kappa shape index (κ3) is 2.64. The number of nitrogens with two attached hydrogens (primary N) is 1. The second-order valence-corrected chi connectivity index (χ2v) is 5.70. The summed E-state index contributed by atoms with van der Waals surface area (Å²) in [5.41, 5.74) is 1.43. The van der Waals surface area contributed by atoms with Crippen LogP contribution in [0, 0.1) is 0 Å². The zero-order valence-corrected chi connectivity index (χ0v) is 10.7. The molecule has 0 bridgehead atoms. The van der Waals surface area contributed by atoms with Crippen molar-refractivity contribution in [3.8, 4) is 16.9 Å². The van der Waals surface area contributed by atoms with E-state index in [0.717, 1.165) is 5.56 Å². The van der Waals surface area contributed by atoms with Crippen LogP contribution in [0.4, 0.5) is 0 Å². The third-order valence-corrected chi connectivity index (χ3v) is 3.62. The number of hydrogen-bond acceptors (Lipinski definition) is 3. The van der Waals surface area contributed by atoms with Crippen LogP contribution in [-0.2, 0) is 10.0 Å². The molecule has 0 saturated heterocycles. The predicted molar refractivity (Wildman–Crippen MR) is 69.9 cm³/mol. The van der Waals surface area contributed by atoms with Crippen LogP contribution in [0.2, 0.25) is 5.02 Å². The highest BCUT2D eigenvalue weighted by molar-refractivity contribution is 7.89. The number of sulfonamides is 1. The second-order valence-electron chi connectivity index (χ2n) is 3.74. The van der Waals surface area contributed by atoms with Gasteiger partial charge in [-0.3, -0.25) is 0 Å². The van der Waals surface area contributed by atoms with Gasteiger partial charge >= 0.3 is 0 Å². The molecule has 2 aromatic carbocycles. The van der Waals surface area contributed by atoms with Crippen LogP contribution >= 0.6 is 11.6 Å². The smallest absolute Gasteiger partial charge is 0.241 e. The molecule has 6 heteroatoms. The first-order valence-electron chi connectivity index (χ1n) is 5.00. The van der Waals surface area contributed by atoms with Gasteiger partial charge in [-0.1, -0.05) is 29.8 Å². The Morgan fingerprint density at radius 1 is 1.06 bits per heavy atom. The van der Waals surface area contributed by atoms with Crippen molar-refractivity contribution in [1.29, 1.82) is 0 Å². The fourth-order valence-corrected chi connectivity index (χ4v) is 2.40. The van der Waals surface area contributed by atoms with E-state index in [-0.39, 0.29) is 10.6 Å². The minimum absolute atomic E-state index is 0.298. The molecular weight excluding hydrogens is 274 g/mol. The molecule has 0 amide bonds. The number of phenols is 1. The minimum atomic E-state index is -3.92. The van der Waals surface area contributed by atoms with E-state index in [1.807, 2.05) is 0 Å². The van der Waals surface area contributed by atoms with Gasteiger partial charge in [0.15, 0.2) is 0 Å². The zero-order chi connectivity index (χ0) is 13.3. The fraction of sp³-hybridized carbons (Fsp3) is 0. The standard InChI is InChI=1S/C12H10ClNO3S/c13-10-3-1-2-8(6-10)9-4-5-12(11(15)7-9)18(14,16)17/h1-7,15H,(H2,14,16,17). The Kier molecular flexibility index (Phi) is 3.30. The van der Waals surface area contributed by atoms with Gasteiger partial charge in [-0.2, -0.15) is 0 Å². The lowest BCUT2D eigenvalue weighted by molar-refractivity contribution is 0.459. The van der Waals surface area contributed by atoms with Gasteiger partial charge < -0.3 is 5.11 Å². The van der Waals surface area contributed by atoms with Crippen LogP contribution in [-0.4, -0.2) is 13.5 Å². The first kappa shape index (κ1) is 12.9. The maximum absolute atomic E-state index is 11.2. The fourth-order valence-electron chi connectivity index (χ4n) is 1.61. The molecule has 0 unspecified atom stereocenters. The Hall–Kier alpha value is -1.56. The van der Waals surface area contributed by atoms with E-state index in [1.165, 1.54) is 12.1 Å². The summed E-state index contributed by atoms with van der Waals surface area (Å²) in [5.74, 6) is -0.380. The number of benzene rings is 2. The second kappa shape index (κ2) is 4.61. The monoisotopic (exact) mass is 283 g/mol. The predicted octanol–water partition coefficient (Wildman–Crippen LogP) is 2.36. The van der Waals surface area contributed by atoms with E-state index in [1.54, 1.807) is 30.3 Å². The highest BCUT2D eigenvalue weighted by Gasteiger charge is 2.14. The topological polar surface area (TPSA) is 80.4 Å². The van der Waals surface area contributed by atoms with Crippen molar-refractivity contribution in [2.75, 3.05) is 0 Å². The number of aromatic hydroxyl groups is 1. The number of primary sulfonamides is 1. The molecule has 0 aliphatic heterocycles. The summed E-state index contributed by atoms with van der Waals surface area (Å²) in [5, 5.41) is 15.2. The average Bonchev–Trinajstić information content (AvgIpc) is 2.27. The van der Waals surface area contributed by atoms with Crippen LogP contribution in [0.25, 0.3) is 11.1 Å². The molecule has 0 atom stereocenters. The molecule has 0 aromatic heterocycles. The molecule has 0 fully saturated rings. The molecule has 0 radical (unpaired) electrons. The van der Waals surface area contributed by atoms with Crippen molar-refractivity contribution in [3.05, 3.63) is 47.5 Å². The van der Waals surface area contributed by atoms with Crippen molar-refractivity contribution < 1.29 is 13.5 Å². The number of rotatable bonds is 2. The van der Waals surface area contributed by atoms with E-state index >= 15 is 0 Å². The molecule has 4 nitrogen and oxygen atoms in total. The molecule has 0 spiro atoms. The zero-order valence-electron chi connectivity index (χ0n) is 9.17. The first-order valence-corrected chi connectivity index (χ1v) is 6.92. The lowest BCUT2D eigenvalue weighted by Crippen LogP contribution is -2.12. The molecule has 18 heavy (non-hydrogen) atoms. The number of phenolic OH excluding ortho intramolecular Hbond substituents is 1. The van der Waals surface area contributed by atoms with Gasteiger partial charge in [-0.25, -0.2) is 13.6 Å². The van der Waals surface area contributed by atoms with Crippen LogP contribution < -0.4 is 5.14 Å². The van der Waals surface area contributed by atoms with Crippen molar-refractivity contribution >= 4 is 21.6 Å². The summed E-state index contributed by atoms with van der Waals surface area (Å²) in [6.07, 6.45) is 0. The van der Waals surface area contributed by atoms with Crippen molar-refractivity contribution in [2.45, 2.75) is 4.90 Å². The Balaban J connectivity index is 2.53. The summed E-state index contributed by atoms with van der Waals surface area (Å²) in [6, 6.07) is 11.2. The van der Waals surface area contributed by atoms with Crippen LogP contribution in [0.5, 0.6) is 5.75 Å². The lowest BCUT2D eigenvalue weighted by Gasteiger charge is -2.06. The molecule has 0 aliphatic rings. The number of halogens is 1. The molecule has 0 aliphatic carbocycles. The van der Waals surface area contributed by atoms with Crippen LogP contribution in [0.1, 0.15) is 0 Å². The summed E-state index contributed by atoms with van der Waals surface area (Å²) >= 11 is 5.86. The van der Waals surface area contributed by atoms with Crippen LogP contribution in [0.3, 0.4) is 0 Å². The van der Waals surface area contributed by atoms with E-state index in [2.05, 4.69) is 0 Å². The average molecular weight is 284 g/mol. The van der Waals surface area contributed by atoms with Crippen molar-refractivity contribution in [2.24, 2.45) is 5.14 Å². The van der Waals surface area contributed by atoms with Gasteiger partial charge in [0.2, 0.25) is 10.0 Å². The van der Waals surface area contributed by atoms with Gasteiger partial charge in [0.05, 0.1) is 0 Å². The largest absolute Gasteiger partial charge is 0.507 e. The van der Waals surface area contributed by atoms with Gasteiger partial charge in [-0.15, -0.1) is 0 Å². The van der Waals surface area contributed by atoms with Gasteiger partial charge in [0.1, 0.15) is 10.6 Å². The van der Waals surface area contributed by atoms with Crippen molar-refractivity contribution in [1.82, 2.24) is 0 Å².